The van der Waals surface area contributed by atoms with Crippen molar-refractivity contribution in [1.82, 2.24) is 19.9 Å². The molecule has 0 unspecified atom stereocenters. The highest BCUT2D eigenvalue weighted by atomic mass is 19.1. The fraction of sp³-hybridized carbons (Fsp3) is 0.476. The number of halogens is 1. The lowest BCUT2D eigenvalue weighted by molar-refractivity contribution is -0.139. The van der Waals surface area contributed by atoms with Gasteiger partial charge in [-0.25, -0.2) is 4.98 Å². The summed E-state index contributed by atoms with van der Waals surface area (Å²) in [5.41, 5.74) is 1.11. The topological polar surface area (TPSA) is 104 Å². The molecule has 0 spiro atoms. The molecule has 0 saturated carbocycles. The zero-order valence-electron chi connectivity index (χ0n) is 17.4. The number of rotatable bonds is 3. The lowest BCUT2D eigenvalue weighted by atomic mass is 9.94. The number of ether oxygens (including phenoxy) is 2. The molecule has 9 nitrogen and oxygen atoms in total. The Bertz CT molecular complexity index is 1020. The first-order valence-electron chi connectivity index (χ1n) is 10.1. The summed E-state index contributed by atoms with van der Waals surface area (Å²) in [5, 5.41) is 9.30. The highest BCUT2D eigenvalue weighted by molar-refractivity contribution is 5.79. The van der Waals surface area contributed by atoms with Gasteiger partial charge in [-0.1, -0.05) is 0 Å². The number of nitriles is 1. The minimum atomic E-state index is -0.608. The normalized spacial score (nSPS) is 19.1. The van der Waals surface area contributed by atoms with Crippen LogP contribution in [0.2, 0.25) is 0 Å². The van der Waals surface area contributed by atoms with E-state index in [1.807, 2.05) is 16.7 Å². The predicted octanol–water partition coefficient (Wildman–Crippen LogP) is 1.92. The molecule has 0 N–H and O–H groups in total. The van der Waals surface area contributed by atoms with Crippen LogP contribution in [0.4, 0.5) is 10.3 Å². The van der Waals surface area contributed by atoms with Crippen LogP contribution in [0.1, 0.15) is 30.9 Å². The molecule has 4 rings (SSSR count). The van der Waals surface area contributed by atoms with Crippen molar-refractivity contribution < 1.29 is 18.7 Å². The van der Waals surface area contributed by atoms with Gasteiger partial charge in [0.15, 0.2) is 0 Å². The van der Waals surface area contributed by atoms with Crippen LogP contribution >= 0.6 is 0 Å². The van der Waals surface area contributed by atoms with Crippen molar-refractivity contribution in [1.29, 1.82) is 5.26 Å². The van der Waals surface area contributed by atoms with E-state index in [2.05, 4.69) is 21.0 Å². The van der Waals surface area contributed by atoms with Crippen molar-refractivity contribution in [2.45, 2.75) is 32.4 Å². The number of pyridine rings is 1. The lowest BCUT2D eigenvalue weighted by Gasteiger charge is -2.35. The number of carbonyl (C=O) groups is 1. The summed E-state index contributed by atoms with van der Waals surface area (Å²) < 4.78 is 24.3. The molecule has 1 amide bonds. The summed E-state index contributed by atoms with van der Waals surface area (Å²) in [5.74, 6) is 0.119. The van der Waals surface area contributed by atoms with E-state index < -0.39 is 5.82 Å². The maximum Gasteiger partial charge on any atom is 0.255 e. The minimum Gasteiger partial charge on any atom is -0.490 e. The highest BCUT2D eigenvalue weighted by Crippen LogP contribution is 2.30. The fourth-order valence-corrected chi connectivity index (χ4v) is 3.98. The third-order valence-electron chi connectivity index (χ3n) is 5.74. The molecule has 31 heavy (non-hydrogen) atoms. The molecule has 0 bridgehead atoms. The van der Waals surface area contributed by atoms with Crippen LogP contribution in [0.3, 0.4) is 0 Å². The number of fused-ring (bicyclic) bond motifs is 1. The lowest BCUT2D eigenvalue weighted by Crippen LogP contribution is -2.46. The van der Waals surface area contributed by atoms with Gasteiger partial charge in [0, 0.05) is 37.0 Å². The predicted molar refractivity (Wildman–Crippen MR) is 108 cm³/mol. The molecule has 2 aromatic heterocycles. The molecule has 10 heteroatoms. The van der Waals surface area contributed by atoms with Gasteiger partial charge >= 0.3 is 0 Å². The Morgan fingerprint density at radius 1 is 1.32 bits per heavy atom. The van der Waals surface area contributed by atoms with Crippen molar-refractivity contribution in [3.05, 3.63) is 35.5 Å². The molecule has 2 aromatic rings. The maximum absolute atomic E-state index is 13.6. The number of carbonyl (C=O) groups excluding carboxylic acids is 1. The van der Waals surface area contributed by atoms with Gasteiger partial charge in [-0.3, -0.25) is 9.78 Å². The van der Waals surface area contributed by atoms with Crippen LogP contribution in [0.5, 0.6) is 11.6 Å². The minimum absolute atomic E-state index is 0.0589. The van der Waals surface area contributed by atoms with Crippen molar-refractivity contribution in [3.63, 3.8) is 0 Å². The molecule has 0 radical (unpaired) electrons. The number of anilines is 1. The molecular formula is C21H23FN6O3. The quantitative estimate of drug-likeness (QED) is 0.733. The number of nitrogens with zero attached hydrogens (tertiary/aromatic N) is 6. The Morgan fingerprint density at radius 3 is 2.81 bits per heavy atom. The van der Waals surface area contributed by atoms with Crippen molar-refractivity contribution >= 4 is 11.9 Å². The molecule has 1 atom stereocenters. The number of hydrogen-bond acceptors (Lipinski definition) is 8. The summed E-state index contributed by atoms with van der Waals surface area (Å²) in [4.78, 5) is 29.3. The molecule has 0 aromatic carbocycles. The van der Waals surface area contributed by atoms with E-state index in [0.717, 1.165) is 11.8 Å². The second-order valence-electron chi connectivity index (χ2n) is 7.70. The Labute approximate surface area is 179 Å². The molecule has 0 aliphatic carbocycles. The van der Waals surface area contributed by atoms with E-state index >= 15 is 0 Å². The average Bonchev–Trinajstić information content (AvgIpc) is 2.98. The summed E-state index contributed by atoms with van der Waals surface area (Å²) in [6, 6.07) is 1.97. The van der Waals surface area contributed by atoms with Crippen molar-refractivity contribution in [3.8, 4) is 17.7 Å². The van der Waals surface area contributed by atoms with E-state index in [9.17, 15) is 14.4 Å². The highest BCUT2D eigenvalue weighted by Gasteiger charge is 2.34. The maximum atomic E-state index is 13.6. The summed E-state index contributed by atoms with van der Waals surface area (Å²) in [6.45, 7) is 3.79. The van der Waals surface area contributed by atoms with Gasteiger partial charge in [-0.15, -0.1) is 0 Å². The number of amides is 1. The van der Waals surface area contributed by atoms with Crippen molar-refractivity contribution in [2.75, 3.05) is 31.7 Å². The van der Waals surface area contributed by atoms with E-state index in [1.54, 1.807) is 6.20 Å². The summed E-state index contributed by atoms with van der Waals surface area (Å²) >= 11 is 0. The number of hydrogen-bond donors (Lipinski definition) is 0. The Kier molecular flexibility index (Phi) is 5.84. The first-order chi connectivity index (χ1) is 15.0. The van der Waals surface area contributed by atoms with Gasteiger partial charge in [0.2, 0.25) is 17.7 Å². The van der Waals surface area contributed by atoms with Gasteiger partial charge in [0.05, 0.1) is 25.9 Å². The van der Waals surface area contributed by atoms with Gasteiger partial charge in [-0.2, -0.15) is 14.6 Å². The molecular weight excluding hydrogens is 403 g/mol. The molecule has 1 fully saturated rings. The second kappa shape index (κ2) is 8.71. The molecule has 2 aliphatic heterocycles. The van der Waals surface area contributed by atoms with Gasteiger partial charge in [0.1, 0.15) is 24.0 Å². The van der Waals surface area contributed by atoms with Gasteiger partial charge in [-0.05, 0) is 19.8 Å². The van der Waals surface area contributed by atoms with E-state index in [4.69, 9.17) is 9.47 Å². The van der Waals surface area contributed by atoms with Gasteiger partial charge in [0.25, 0.3) is 5.88 Å². The number of aromatic nitrogens is 3. The Hall–Kier alpha value is -3.48. The number of methoxy groups -OCH3 is 1. The SMILES string of the molecule is COc1nc(N2CCC(C(=O)N3Cc4cncc(C#N)c4OC[C@H]3C)CC2)ncc1F. The van der Waals surface area contributed by atoms with Crippen LogP contribution in [0, 0.1) is 23.1 Å². The largest absolute Gasteiger partial charge is 0.490 e. The van der Waals surface area contributed by atoms with E-state index in [0.29, 0.717) is 56.3 Å². The average molecular weight is 426 g/mol. The zero-order chi connectivity index (χ0) is 22.0. The smallest absolute Gasteiger partial charge is 0.255 e. The Morgan fingerprint density at radius 2 is 2.10 bits per heavy atom. The Balaban J connectivity index is 1.45. The molecule has 1 saturated heterocycles. The van der Waals surface area contributed by atoms with Crippen LogP contribution in [0.25, 0.3) is 0 Å². The second-order valence-corrected chi connectivity index (χ2v) is 7.70. The van der Waals surface area contributed by atoms with E-state index in [-0.39, 0.29) is 23.7 Å². The summed E-state index contributed by atoms with van der Waals surface area (Å²) in [6.07, 6.45) is 5.49. The van der Waals surface area contributed by atoms with Crippen LogP contribution in [-0.2, 0) is 11.3 Å². The standard InChI is InChI=1S/C21H23FN6O3/c1-13-12-31-18-15(7-23)8-24-9-16(18)11-28(13)20(29)14-3-5-27(6-4-14)21-25-10-17(22)19(26-21)30-2/h8-10,13-14H,3-6,11-12H2,1-2H3/t13-/m1/s1. The first kappa shape index (κ1) is 20.8. The van der Waals surface area contributed by atoms with Crippen LogP contribution in [-0.4, -0.2) is 58.6 Å². The molecule has 2 aliphatic rings. The third-order valence-corrected chi connectivity index (χ3v) is 5.74. The summed E-state index contributed by atoms with van der Waals surface area (Å²) in [7, 11) is 1.36. The monoisotopic (exact) mass is 426 g/mol. The molecule has 4 heterocycles. The van der Waals surface area contributed by atoms with E-state index in [1.165, 1.54) is 13.3 Å². The van der Waals surface area contributed by atoms with Crippen LogP contribution < -0.4 is 14.4 Å². The molecule has 162 valence electrons. The first-order valence-corrected chi connectivity index (χ1v) is 10.1. The van der Waals surface area contributed by atoms with Crippen molar-refractivity contribution in [2.24, 2.45) is 5.92 Å². The third kappa shape index (κ3) is 4.08. The van der Waals surface area contributed by atoms with Crippen LogP contribution in [0.15, 0.2) is 18.6 Å². The number of piperidine rings is 1. The van der Waals surface area contributed by atoms with Gasteiger partial charge < -0.3 is 19.3 Å². The zero-order valence-corrected chi connectivity index (χ0v) is 17.4. The fourth-order valence-electron chi connectivity index (χ4n) is 3.98.